The number of esters is 1. The van der Waals surface area contributed by atoms with E-state index in [2.05, 4.69) is 10.6 Å². The van der Waals surface area contributed by atoms with Crippen molar-refractivity contribution < 1.29 is 53.8 Å². The molecule has 13 heteroatoms. The fourth-order valence-corrected chi connectivity index (χ4v) is 4.81. The number of hydrogen-bond acceptors (Lipinski definition) is 11. The van der Waals surface area contributed by atoms with Gasteiger partial charge in [-0.1, -0.05) is 30.3 Å². The van der Waals surface area contributed by atoms with Crippen LogP contribution in [0, 0.1) is 13.8 Å². The standard InChI is InChI=1S/C31H42N2O11/c1-17-12-20(13-18(2)24(17)36)27(38)32-15-22(35)25(37)26-23(33-29(40)44-30(3,4)5)21(34)14-31(43-26,28(39)41-6)42-16-19-10-8-7-9-11-19/h7-13,21-23,25-26,34-37H,14-16H2,1-6H3,(H,32,38)(H,33,40)/t21-,22+,23+,25+,26+,31+/m0/s1. The number of methoxy groups -OCH3 is 1. The number of carbonyl (C=O) groups is 3. The first-order chi connectivity index (χ1) is 20.6. The van der Waals surface area contributed by atoms with Gasteiger partial charge in [0.2, 0.25) is 0 Å². The summed E-state index contributed by atoms with van der Waals surface area (Å²) in [6, 6.07) is 10.4. The Morgan fingerprint density at radius 3 is 2.27 bits per heavy atom. The molecule has 6 N–H and O–H groups in total. The number of aromatic hydroxyl groups is 1. The number of aryl methyl sites for hydroxylation is 2. The molecule has 1 fully saturated rings. The predicted molar refractivity (Wildman–Crippen MR) is 157 cm³/mol. The lowest BCUT2D eigenvalue weighted by molar-refractivity contribution is -0.315. The molecular formula is C31H42N2O11. The van der Waals surface area contributed by atoms with Crippen molar-refractivity contribution >= 4 is 18.0 Å². The van der Waals surface area contributed by atoms with Crippen molar-refractivity contribution in [2.24, 2.45) is 0 Å². The van der Waals surface area contributed by atoms with Crippen molar-refractivity contribution in [3.05, 3.63) is 64.7 Å². The molecule has 0 aliphatic carbocycles. The van der Waals surface area contributed by atoms with Gasteiger partial charge in [-0.3, -0.25) is 4.79 Å². The Labute approximate surface area is 256 Å². The molecule has 13 nitrogen and oxygen atoms in total. The third-order valence-electron chi connectivity index (χ3n) is 7.02. The van der Waals surface area contributed by atoms with Crippen LogP contribution in [-0.2, 0) is 30.3 Å². The largest absolute Gasteiger partial charge is 0.507 e. The first-order valence-corrected chi connectivity index (χ1v) is 14.1. The third-order valence-corrected chi connectivity index (χ3v) is 7.02. The molecule has 1 aliphatic rings. The number of phenolic OH excluding ortho intramolecular Hbond substituents is 1. The molecule has 0 radical (unpaired) electrons. The molecule has 3 rings (SSSR count). The molecule has 0 aromatic heterocycles. The number of benzene rings is 2. The van der Waals surface area contributed by atoms with Gasteiger partial charge < -0.3 is 50.0 Å². The highest BCUT2D eigenvalue weighted by molar-refractivity contribution is 5.94. The monoisotopic (exact) mass is 618 g/mol. The van der Waals surface area contributed by atoms with Gasteiger partial charge in [0.1, 0.15) is 23.6 Å². The molecule has 44 heavy (non-hydrogen) atoms. The van der Waals surface area contributed by atoms with Crippen molar-refractivity contribution in [2.45, 2.75) is 89.5 Å². The number of nitrogens with one attached hydrogen (secondary N) is 2. The van der Waals surface area contributed by atoms with Gasteiger partial charge >= 0.3 is 12.1 Å². The first kappa shape index (κ1) is 34.7. The smallest absolute Gasteiger partial charge is 0.408 e. The lowest BCUT2D eigenvalue weighted by Gasteiger charge is -2.47. The maximum atomic E-state index is 13.0. The lowest BCUT2D eigenvalue weighted by atomic mass is 9.88. The topological polar surface area (TPSA) is 193 Å². The number of carbonyl (C=O) groups excluding carboxylic acids is 3. The molecule has 2 aromatic carbocycles. The quantitative estimate of drug-likeness (QED) is 0.212. The highest BCUT2D eigenvalue weighted by Gasteiger charge is 2.56. The van der Waals surface area contributed by atoms with E-state index in [0.29, 0.717) is 16.7 Å². The van der Waals surface area contributed by atoms with Gasteiger partial charge in [0.05, 0.1) is 32.0 Å². The second kappa shape index (κ2) is 14.4. The Morgan fingerprint density at radius 2 is 1.70 bits per heavy atom. The van der Waals surface area contributed by atoms with Crippen LogP contribution in [0.2, 0.25) is 0 Å². The van der Waals surface area contributed by atoms with Crippen LogP contribution in [-0.4, -0.2) is 93.9 Å². The average molecular weight is 619 g/mol. The zero-order valence-electron chi connectivity index (χ0n) is 25.7. The molecule has 1 heterocycles. The number of rotatable bonds is 10. The maximum absolute atomic E-state index is 13.0. The zero-order chi connectivity index (χ0) is 32.8. The summed E-state index contributed by atoms with van der Waals surface area (Å²) in [5.41, 5.74) is 0.939. The van der Waals surface area contributed by atoms with Gasteiger partial charge in [-0.25, -0.2) is 9.59 Å². The van der Waals surface area contributed by atoms with Crippen LogP contribution >= 0.6 is 0 Å². The van der Waals surface area contributed by atoms with Gasteiger partial charge in [0.25, 0.3) is 11.7 Å². The summed E-state index contributed by atoms with van der Waals surface area (Å²) >= 11 is 0. The number of aliphatic hydroxyl groups excluding tert-OH is 3. The number of phenols is 1. The van der Waals surface area contributed by atoms with E-state index in [4.69, 9.17) is 18.9 Å². The van der Waals surface area contributed by atoms with E-state index in [1.54, 1.807) is 65.0 Å². The van der Waals surface area contributed by atoms with Crippen LogP contribution in [0.3, 0.4) is 0 Å². The predicted octanol–water partition coefficient (Wildman–Crippen LogP) is 1.59. The zero-order valence-corrected chi connectivity index (χ0v) is 25.7. The van der Waals surface area contributed by atoms with Crippen LogP contribution in [0.5, 0.6) is 5.75 Å². The Balaban J connectivity index is 1.87. The summed E-state index contributed by atoms with van der Waals surface area (Å²) in [7, 11) is 1.10. The lowest BCUT2D eigenvalue weighted by Crippen LogP contribution is -2.68. The van der Waals surface area contributed by atoms with E-state index in [1.807, 2.05) is 0 Å². The Morgan fingerprint density at radius 1 is 1.09 bits per heavy atom. The minimum absolute atomic E-state index is 0.0529. The molecule has 0 bridgehead atoms. The molecule has 0 saturated carbocycles. The van der Waals surface area contributed by atoms with E-state index in [-0.39, 0.29) is 17.9 Å². The van der Waals surface area contributed by atoms with Crippen LogP contribution in [0.15, 0.2) is 42.5 Å². The fourth-order valence-electron chi connectivity index (χ4n) is 4.81. The number of ether oxygens (including phenoxy) is 4. The summed E-state index contributed by atoms with van der Waals surface area (Å²) in [4.78, 5) is 38.5. The van der Waals surface area contributed by atoms with Crippen LogP contribution in [0.4, 0.5) is 4.79 Å². The molecule has 6 atom stereocenters. The number of amides is 2. The second-order valence-corrected chi connectivity index (χ2v) is 11.8. The Kier molecular flexibility index (Phi) is 11.3. The second-order valence-electron chi connectivity index (χ2n) is 11.8. The van der Waals surface area contributed by atoms with Gasteiger partial charge in [-0.2, -0.15) is 0 Å². The van der Waals surface area contributed by atoms with Crippen molar-refractivity contribution in [3.8, 4) is 5.75 Å². The third kappa shape index (κ3) is 8.67. The SMILES string of the molecule is COC(=O)[C@@]1(OCc2ccccc2)C[C@H](O)[C@@H](NC(=O)OC(C)(C)C)[C@H]([C@H](O)[C@H](O)CNC(=O)c2cc(C)c(O)c(C)c2)O1. The van der Waals surface area contributed by atoms with E-state index < -0.39 is 72.8 Å². The molecule has 2 amide bonds. The minimum Gasteiger partial charge on any atom is -0.507 e. The van der Waals surface area contributed by atoms with Crippen molar-refractivity contribution in [1.82, 2.24) is 10.6 Å². The van der Waals surface area contributed by atoms with E-state index >= 15 is 0 Å². The first-order valence-electron chi connectivity index (χ1n) is 14.1. The summed E-state index contributed by atoms with van der Waals surface area (Å²) in [6.07, 6.45) is -8.22. The number of alkyl carbamates (subject to hydrolysis) is 1. The van der Waals surface area contributed by atoms with E-state index in [9.17, 15) is 34.8 Å². The molecule has 0 unspecified atom stereocenters. The molecule has 1 saturated heterocycles. The molecule has 242 valence electrons. The van der Waals surface area contributed by atoms with Crippen molar-refractivity contribution in [3.63, 3.8) is 0 Å². The molecule has 0 spiro atoms. The van der Waals surface area contributed by atoms with Crippen LogP contribution in [0.1, 0.15) is 54.2 Å². The summed E-state index contributed by atoms with van der Waals surface area (Å²) in [5.74, 6) is -3.78. The molecule has 2 aromatic rings. The fraction of sp³-hybridized carbons (Fsp3) is 0.516. The Bertz CT molecular complexity index is 1290. The molecule has 1 aliphatic heterocycles. The van der Waals surface area contributed by atoms with Gasteiger partial charge in [-0.15, -0.1) is 0 Å². The highest BCUT2D eigenvalue weighted by Crippen LogP contribution is 2.35. The highest BCUT2D eigenvalue weighted by atomic mass is 16.7. The normalized spacial score (nSPS) is 23.2. The van der Waals surface area contributed by atoms with E-state index in [1.165, 1.54) is 12.1 Å². The van der Waals surface area contributed by atoms with Crippen molar-refractivity contribution in [2.75, 3.05) is 13.7 Å². The van der Waals surface area contributed by atoms with Crippen LogP contribution in [0.25, 0.3) is 0 Å². The number of aliphatic hydroxyl groups is 3. The maximum Gasteiger partial charge on any atom is 0.408 e. The van der Waals surface area contributed by atoms with E-state index in [0.717, 1.165) is 7.11 Å². The summed E-state index contributed by atoms with van der Waals surface area (Å²) in [6.45, 7) is 7.55. The van der Waals surface area contributed by atoms with Gasteiger partial charge in [-0.05, 0) is 63.4 Å². The number of hydrogen-bond donors (Lipinski definition) is 6. The Hall–Kier alpha value is -3.75. The van der Waals surface area contributed by atoms with Gasteiger partial charge in [0.15, 0.2) is 0 Å². The van der Waals surface area contributed by atoms with Crippen molar-refractivity contribution in [1.29, 1.82) is 0 Å². The average Bonchev–Trinajstić information content (AvgIpc) is 2.97. The minimum atomic E-state index is -2.23. The summed E-state index contributed by atoms with van der Waals surface area (Å²) in [5, 5.41) is 48.4. The van der Waals surface area contributed by atoms with Crippen LogP contribution < -0.4 is 10.6 Å². The van der Waals surface area contributed by atoms with Gasteiger partial charge in [0, 0.05) is 18.5 Å². The summed E-state index contributed by atoms with van der Waals surface area (Å²) < 4.78 is 22.1. The molecular weight excluding hydrogens is 576 g/mol.